The van der Waals surface area contributed by atoms with E-state index >= 15 is 0 Å². The SMILES string of the molecule is CC1CCCCN1C(=O)N(Cc1ccc(C(=N)N)cc1)NS(=O)(=O)c1ccc2ccccc2c1. The third kappa shape index (κ3) is 5.21. The Labute approximate surface area is 199 Å². The van der Waals surface area contributed by atoms with Crippen molar-refractivity contribution in [1.29, 1.82) is 5.41 Å². The van der Waals surface area contributed by atoms with E-state index in [0.717, 1.165) is 35.0 Å². The van der Waals surface area contributed by atoms with Gasteiger partial charge in [0.05, 0.1) is 11.4 Å². The van der Waals surface area contributed by atoms with Gasteiger partial charge in [0, 0.05) is 18.2 Å². The minimum Gasteiger partial charge on any atom is -0.384 e. The third-order valence-corrected chi connectivity index (χ3v) is 7.48. The highest BCUT2D eigenvalue weighted by Gasteiger charge is 2.30. The van der Waals surface area contributed by atoms with Gasteiger partial charge < -0.3 is 10.6 Å². The number of benzene rings is 3. The summed E-state index contributed by atoms with van der Waals surface area (Å²) in [5.41, 5.74) is 6.80. The maximum atomic E-state index is 13.5. The summed E-state index contributed by atoms with van der Waals surface area (Å²) in [6.07, 6.45) is 2.80. The van der Waals surface area contributed by atoms with Crippen molar-refractivity contribution in [2.75, 3.05) is 6.54 Å². The van der Waals surface area contributed by atoms with Crippen LogP contribution in [-0.2, 0) is 16.6 Å². The molecule has 0 bridgehead atoms. The summed E-state index contributed by atoms with van der Waals surface area (Å²) in [4.78, 5) is 17.8. The Morgan fingerprint density at radius 2 is 1.79 bits per heavy atom. The molecule has 0 saturated carbocycles. The van der Waals surface area contributed by atoms with Crippen molar-refractivity contribution in [3.05, 3.63) is 77.9 Å². The molecule has 1 fully saturated rings. The fraction of sp³-hybridized carbons (Fsp3) is 0.280. The number of nitrogen functional groups attached to an aromatic ring is 1. The lowest BCUT2D eigenvalue weighted by atomic mass is 10.0. The van der Waals surface area contributed by atoms with E-state index in [2.05, 4.69) is 4.83 Å². The Bertz CT molecular complexity index is 1310. The van der Waals surface area contributed by atoms with Crippen molar-refractivity contribution in [2.45, 2.75) is 43.7 Å². The lowest BCUT2D eigenvalue weighted by Crippen LogP contribution is -2.54. The summed E-state index contributed by atoms with van der Waals surface area (Å²) in [6.45, 7) is 2.60. The van der Waals surface area contributed by atoms with Gasteiger partial charge in [-0.15, -0.1) is 4.83 Å². The highest BCUT2D eigenvalue weighted by molar-refractivity contribution is 7.89. The second kappa shape index (κ2) is 9.82. The largest absolute Gasteiger partial charge is 0.384 e. The molecular weight excluding hydrogens is 450 g/mol. The zero-order valence-electron chi connectivity index (χ0n) is 19.1. The summed E-state index contributed by atoms with van der Waals surface area (Å²) in [5.74, 6) is -0.0568. The zero-order valence-corrected chi connectivity index (χ0v) is 19.9. The number of urea groups is 1. The highest BCUT2D eigenvalue weighted by atomic mass is 32.2. The summed E-state index contributed by atoms with van der Waals surface area (Å²) >= 11 is 0. The van der Waals surface area contributed by atoms with Gasteiger partial charge in [0.2, 0.25) is 0 Å². The number of hydrogen-bond donors (Lipinski definition) is 3. The second-order valence-electron chi connectivity index (χ2n) is 8.62. The molecular formula is C25H29N5O3S. The van der Waals surface area contributed by atoms with Crippen molar-refractivity contribution >= 4 is 32.7 Å². The van der Waals surface area contributed by atoms with Crippen LogP contribution in [0.15, 0.2) is 71.6 Å². The molecule has 1 aliphatic rings. The van der Waals surface area contributed by atoms with E-state index < -0.39 is 10.0 Å². The number of nitrogens with one attached hydrogen (secondary N) is 2. The van der Waals surface area contributed by atoms with Gasteiger partial charge in [-0.3, -0.25) is 5.41 Å². The van der Waals surface area contributed by atoms with Crippen LogP contribution in [0.2, 0.25) is 0 Å². The molecule has 0 spiro atoms. The molecule has 1 unspecified atom stereocenters. The Balaban J connectivity index is 1.64. The second-order valence-corrected chi connectivity index (χ2v) is 10.3. The van der Waals surface area contributed by atoms with Crippen LogP contribution < -0.4 is 10.6 Å². The summed E-state index contributed by atoms with van der Waals surface area (Å²) in [6, 6.07) is 18.9. The average molecular weight is 480 g/mol. The van der Waals surface area contributed by atoms with Gasteiger partial charge in [-0.2, -0.15) is 0 Å². The lowest BCUT2D eigenvalue weighted by Gasteiger charge is -2.37. The fourth-order valence-electron chi connectivity index (χ4n) is 4.18. The number of likely N-dealkylation sites (tertiary alicyclic amines) is 1. The highest BCUT2D eigenvalue weighted by Crippen LogP contribution is 2.22. The molecule has 0 aromatic heterocycles. The van der Waals surface area contributed by atoms with Gasteiger partial charge in [-0.05, 0) is 54.7 Å². The normalized spacial score (nSPS) is 16.4. The molecule has 4 rings (SSSR count). The first-order valence-electron chi connectivity index (χ1n) is 11.3. The van der Waals surface area contributed by atoms with Crippen molar-refractivity contribution in [3.8, 4) is 0 Å². The predicted molar refractivity (Wildman–Crippen MR) is 133 cm³/mol. The summed E-state index contributed by atoms with van der Waals surface area (Å²) in [7, 11) is -4.02. The van der Waals surface area contributed by atoms with E-state index in [0.29, 0.717) is 17.7 Å². The molecule has 2 amide bonds. The number of hydrazine groups is 1. The van der Waals surface area contributed by atoms with E-state index in [1.165, 1.54) is 0 Å². The van der Waals surface area contributed by atoms with E-state index in [4.69, 9.17) is 11.1 Å². The lowest BCUT2D eigenvalue weighted by molar-refractivity contribution is 0.111. The van der Waals surface area contributed by atoms with Crippen LogP contribution in [0.3, 0.4) is 0 Å². The van der Waals surface area contributed by atoms with Gasteiger partial charge in [-0.25, -0.2) is 18.2 Å². The maximum Gasteiger partial charge on any atom is 0.335 e. The summed E-state index contributed by atoms with van der Waals surface area (Å²) < 4.78 is 26.6. The Kier molecular flexibility index (Phi) is 6.85. The summed E-state index contributed by atoms with van der Waals surface area (Å²) in [5, 5.41) is 10.5. The van der Waals surface area contributed by atoms with Gasteiger partial charge in [-0.1, -0.05) is 54.6 Å². The van der Waals surface area contributed by atoms with Crippen LogP contribution in [0.1, 0.15) is 37.3 Å². The van der Waals surface area contributed by atoms with E-state index in [9.17, 15) is 13.2 Å². The molecule has 1 aliphatic heterocycles. The molecule has 8 nitrogen and oxygen atoms in total. The topological polar surface area (TPSA) is 120 Å². The van der Waals surface area contributed by atoms with E-state index in [1.54, 1.807) is 47.4 Å². The number of hydrogen-bond acceptors (Lipinski definition) is 4. The number of sulfonamides is 1. The average Bonchev–Trinajstić information content (AvgIpc) is 2.83. The molecule has 4 N–H and O–H groups in total. The molecule has 1 saturated heterocycles. The van der Waals surface area contributed by atoms with Crippen molar-refractivity contribution in [3.63, 3.8) is 0 Å². The molecule has 178 valence electrons. The molecule has 1 heterocycles. The fourth-order valence-corrected chi connectivity index (χ4v) is 5.25. The third-order valence-electron chi connectivity index (χ3n) is 6.15. The number of fused-ring (bicyclic) bond motifs is 1. The standard InChI is InChI=1S/C25H29N5O3S/c1-18-6-4-5-15-29(18)25(31)30(17-19-9-11-21(12-10-19)24(26)27)28-34(32,33)23-14-13-20-7-2-3-8-22(20)16-23/h2-3,7-14,16,18,28H,4-6,15,17H2,1H3,(H3,26,27). The number of amides is 2. The van der Waals surface area contributed by atoms with Crippen molar-refractivity contribution in [2.24, 2.45) is 5.73 Å². The minimum absolute atomic E-state index is 0.0222. The van der Waals surface area contributed by atoms with Gasteiger partial charge in [0.1, 0.15) is 5.84 Å². The van der Waals surface area contributed by atoms with Crippen LogP contribution in [0, 0.1) is 5.41 Å². The molecule has 3 aromatic carbocycles. The minimum atomic E-state index is -4.02. The Morgan fingerprint density at radius 3 is 2.47 bits per heavy atom. The number of carbonyl (C=O) groups excluding carboxylic acids is 1. The van der Waals surface area contributed by atoms with Crippen LogP contribution in [-0.4, -0.2) is 42.8 Å². The predicted octanol–water partition coefficient (Wildman–Crippen LogP) is 3.81. The van der Waals surface area contributed by atoms with Crippen LogP contribution in [0.5, 0.6) is 0 Å². The van der Waals surface area contributed by atoms with E-state index in [-0.39, 0.29) is 29.3 Å². The molecule has 1 atom stereocenters. The van der Waals surface area contributed by atoms with Gasteiger partial charge in [0.15, 0.2) is 0 Å². The molecule has 3 aromatic rings. The quantitative estimate of drug-likeness (QED) is 0.283. The van der Waals surface area contributed by atoms with Crippen molar-refractivity contribution in [1.82, 2.24) is 14.7 Å². The van der Waals surface area contributed by atoms with Crippen LogP contribution >= 0.6 is 0 Å². The number of nitrogens with two attached hydrogens (primary N) is 1. The molecule has 0 aliphatic carbocycles. The first-order valence-corrected chi connectivity index (χ1v) is 12.8. The van der Waals surface area contributed by atoms with Gasteiger partial charge in [0.25, 0.3) is 10.0 Å². The first kappa shape index (κ1) is 23.7. The van der Waals surface area contributed by atoms with Crippen LogP contribution in [0.4, 0.5) is 4.79 Å². The number of piperidine rings is 1. The molecule has 9 heteroatoms. The number of nitrogens with zero attached hydrogens (tertiary/aromatic N) is 2. The Morgan fingerprint density at radius 1 is 1.09 bits per heavy atom. The van der Waals surface area contributed by atoms with Gasteiger partial charge >= 0.3 is 6.03 Å². The van der Waals surface area contributed by atoms with Crippen molar-refractivity contribution < 1.29 is 13.2 Å². The van der Waals surface area contributed by atoms with E-state index in [1.807, 2.05) is 31.2 Å². The monoisotopic (exact) mass is 479 g/mol. The van der Waals surface area contributed by atoms with Crippen LogP contribution in [0.25, 0.3) is 10.8 Å². The maximum absolute atomic E-state index is 13.5. The Hall–Kier alpha value is -3.43. The first-order chi connectivity index (χ1) is 16.2. The molecule has 34 heavy (non-hydrogen) atoms. The molecule has 0 radical (unpaired) electrons. The number of rotatable bonds is 6. The number of carbonyl (C=O) groups is 1. The number of amidine groups is 1. The smallest absolute Gasteiger partial charge is 0.335 e. The zero-order chi connectivity index (χ0) is 24.3.